The highest BCUT2D eigenvalue weighted by molar-refractivity contribution is 9.10. The van der Waals surface area contributed by atoms with Crippen molar-refractivity contribution in [2.75, 3.05) is 6.54 Å². The van der Waals surface area contributed by atoms with Crippen LogP contribution in [0.25, 0.3) is 0 Å². The van der Waals surface area contributed by atoms with Gasteiger partial charge in [0.25, 0.3) is 0 Å². The first-order valence-electron chi connectivity index (χ1n) is 7.47. The summed E-state index contributed by atoms with van der Waals surface area (Å²) >= 11 is 3.64. The van der Waals surface area contributed by atoms with Crippen LogP contribution in [0, 0.1) is 13.8 Å². The minimum atomic E-state index is 0.106. The molecule has 0 aliphatic rings. The average molecular weight is 351 g/mol. The second-order valence-electron chi connectivity index (χ2n) is 5.21. The maximum absolute atomic E-state index is 4.61. The van der Waals surface area contributed by atoms with Crippen LogP contribution in [0.3, 0.4) is 0 Å². The number of nitrogens with one attached hydrogen (secondary N) is 1. The van der Waals surface area contributed by atoms with Crippen LogP contribution < -0.4 is 5.32 Å². The fourth-order valence-electron chi connectivity index (χ4n) is 2.56. The van der Waals surface area contributed by atoms with Gasteiger partial charge < -0.3 is 5.32 Å². The van der Waals surface area contributed by atoms with Gasteiger partial charge in [-0.25, -0.2) is 0 Å². The summed E-state index contributed by atoms with van der Waals surface area (Å²) in [6, 6.07) is 4.35. The first-order chi connectivity index (χ1) is 10.1. The van der Waals surface area contributed by atoms with Crippen molar-refractivity contribution < 1.29 is 0 Å². The van der Waals surface area contributed by atoms with Gasteiger partial charge in [0.05, 0.1) is 22.4 Å². The predicted octanol–water partition coefficient (Wildman–Crippen LogP) is 3.77. The third-order valence-corrected chi connectivity index (χ3v) is 4.19. The molecule has 0 amide bonds. The lowest BCUT2D eigenvalue weighted by molar-refractivity contribution is 0.525. The van der Waals surface area contributed by atoms with E-state index < -0.39 is 0 Å². The summed E-state index contributed by atoms with van der Waals surface area (Å²) in [6.45, 7) is 10.2. The van der Waals surface area contributed by atoms with Crippen LogP contribution in [0.2, 0.25) is 0 Å². The number of aryl methyl sites for hydroxylation is 3. The van der Waals surface area contributed by atoms with E-state index >= 15 is 0 Å². The topological polar surface area (TPSA) is 42.7 Å². The van der Waals surface area contributed by atoms with Gasteiger partial charge in [0.1, 0.15) is 0 Å². The van der Waals surface area contributed by atoms with Gasteiger partial charge in [-0.15, -0.1) is 0 Å². The van der Waals surface area contributed by atoms with Gasteiger partial charge in [-0.1, -0.05) is 13.0 Å². The summed E-state index contributed by atoms with van der Waals surface area (Å²) in [6.07, 6.45) is 2.96. The fraction of sp³-hybridized carbons (Fsp3) is 0.500. The summed E-state index contributed by atoms with van der Waals surface area (Å²) in [7, 11) is 0. The molecule has 2 rings (SSSR count). The number of halogens is 1. The van der Waals surface area contributed by atoms with Gasteiger partial charge in [-0.05, 0) is 61.3 Å². The lowest BCUT2D eigenvalue weighted by atomic mass is 10.0. The summed E-state index contributed by atoms with van der Waals surface area (Å²) < 4.78 is 3.08. The molecule has 2 aromatic rings. The van der Waals surface area contributed by atoms with Crippen molar-refractivity contribution in [1.29, 1.82) is 0 Å². The largest absolute Gasteiger partial charge is 0.305 e. The molecule has 114 valence electrons. The zero-order chi connectivity index (χ0) is 15.4. The normalized spacial score (nSPS) is 12.6. The van der Waals surface area contributed by atoms with Crippen LogP contribution in [-0.4, -0.2) is 21.3 Å². The Balaban J connectivity index is 2.49. The molecule has 0 bridgehead atoms. The van der Waals surface area contributed by atoms with E-state index in [1.54, 1.807) is 0 Å². The molecule has 1 unspecified atom stereocenters. The van der Waals surface area contributed by atoms with Crippen LogP contribution in [-0.2, 0) is 6.54 Å². The molecular weight excluding hydrogens is 328 g/mol. The van der Waals surface area contributed by atoms with Gasteiger partial charge in [0.2, 0.25) is 0 Å². The Morgan fingerprint density at radius 3 is 2.67 bits per heavy atom. The number of nitrogens with zero attached hydrogens (tertiary/aromatic N) is 3. The third-order valence-electron chi connectivity index (χ3n) is 3.58. The molecule has 1 atom stereocenters. The second kappa shape index (κ2) is 7.18. The Hall–Kier alpha value is -1.20. The molecule has 0 saturated heterocycles. The molecular formula is C16H23BrN4. The number of hydrogen-bond donors (Lipinski definition) is 1. The monoisotopic (exact) mass is 350 g/mol. The highest BCUT2D eigenvalue weighted by Crippen LogP contribution is 2.30. The Morgan fingerprint density at radius 1 is 1.29 bits per heavy atom. The molecule has 0 aromatic carbocycles. The van der Waals surface area contributed by atoms with Crippen molar-refractivity contribution in [3.63, 3.8) is 0 Å². The van der Waals surface area contributed by atoms with Crippen molar-refractivity contribution in [3.8, 4) is 0 Å². The van der Waals surface area contributed by atoms with Crippen molar-refractivity contribution in [2.45, 2.75) is 46.7 Å². The van der Waals surface area contributed by atoms with E-state index in [1.807, 2.05) is 17.8 Å². The van der Waals surface area contributed by atoms with Crippen LogP contribution in [0.4, 0.5) is 0 Å². The Kier molecular flexibility index (Phi) is 5.53. The Labute approximate surface area is 135 Å². The Bertz CT molecular complexity index is 606. The lowest BCUT2D eigenvalue weighted by Crippen LogP contribution is -2.27. The average Bonchev–Trinajstić information content (AvgIpc) is 2.82. The third kappa shape index (κ3) is 3.52. The first kappa shape index (κ1) is 16.2. The molecule has 1 N–H and O–H groups in total. The smallest absolute Gasteiger partial charge is 0.0777 e. The van der Waals surface area contributed by atoms with Crippen LogP contribution in [0.5, 0.6) is 0 Å². The summed E-state index contributed by atoms with van der Waals surface area (Å²) in [5, 5.41) is 8.08. The highest BCUT2D eigenvalue weighted by Gasteiger charge is 2.22. The fourth-order valence-corrected chi connectivity index (χ4v) is 3.08. The number of aromatic nitrogens is 3. The van der Waals surface area contributed by atoms with Crippen molar-refractivity contribution in [2.24, 2.45) is 0 Å². The van der Waals surface area contributed by atoms with Crippen molar-refractivity contribution in [3.05, 3.63) is 45.4 Å². The first-order valence-corrected chi connectivity index (χ1v) is 8.26. The second-order valence-corrected chi connectivity index (χ2v) is 6.06. The highest BCUT2D eigenvalue weighted by atomic mass is 79.9. The van der Waals surface area contributed by atoms with Crippen LogP contribution in [0.1, 0.15) is 49.0 Å². The number of rotatable bonds is 6. The summed E-state index contributed by atoms with van der Waals surface area (Å²) in [5.74, 6) is 0. The summed E-state index contributed by atoms with van der Waals surface area (Å²) in [4.78, 5) is 4.61. The van der Waals surface area contributed by atoms with Gasteiger partial charge in [-0.2, -0.15) is 5.10 Å². The van der Waals surface area contributed by atoms with E-state index in [1.165, 1.54) is 11.3 Å². The molecule has 0 aliphatic carbocycles. The van der Waals surface area contributed by atoms with E-state index in [0.717, 1.165) is 35.4 Å². The molecule has 0 spiro atoms. The molecule has 21 heavy (non-hydrogen) atoms. The molecule has 2 aromatic heterocycles. The standard InChI is InChI=1S/C16H23BrN4/c1-5-9-18-15(13-8-7-11(3)20-12(13)4)16-14(17)10-19-21(16)6-2/h7-8,10,15,18H,5-6,9H2,1-4H3. The maximum atomic E-state index is 4.61. The predicted molar refractivity (Wildman–Crippen MR) is 89.4 cm³/mol. The Morgan fingerprint density at radius 2 is 2.05 bits per heavy atom. The molecule has 4 nitrogen and oxygen atoms in total. The quantitative estimate of drug-likeness (QED) is 0.862. The van der Waals surface area contributed by atoms with Gasteiger partial charge in [0.15, 0.2) is 0 Å². The van der Waals surface area contributed by atoms with Crippen molar-refractivity contribution >= 4 is 15.9 Å². The van der Waals surface area contributed by atoms with E-state index in [2.05, 4.69) is 64.2 Å². The zero-order valence-corrected chi connectivity index (χ0v) is 14.7. The minimum Gasteiger partial charge on any atom is -0.305 e. The van der Waals surface area contributed by atoms with Crippen LogP contribution in [0.15, 0.2) is 22.8 Å². The lowest BCUT2D eigenvalue weighted by Gasteiger charge is -2.22. The zero-order valence-electron chi connectivity index (χ0n) is 13.2. The summed E-state index contributed by atoms with van der Waals surface area (Å²) in [5.41, 5.74) is 4.50. The maximum Gasteiger partial charge on any atom is 0.0777 e. The van der Waals surface area contributed by atoms with Crippen LogP contribution >= 0.6 is 15.9 Å². The van der Waals surface area contributed by atoms with Gasteiger partial charge in [0, 0.05) is 17.9 Å². The van der Waals surface area contributed by atoms with E-state index in [0.29, 0.717) is 0 Å². The van der Waals surface area contributed by atoms with Crippen molar-refractivity contribution in [1.82, 2.24) is 20.1 Å². The molecule has 2 heterocycles. The number of hydrogen-bond acceptors (Lipinski definition) is 3. The van der Waals surface area contributed by atoms with Gasteiger partial charge in [-0.3, -0.25) is 9.67 Å². The van der Waals surface area contributed by atoms with E-state index in [9.17, 15) is 0 Å². The molecule has 0 aliphatic heterocycles. The van der Waals surface area contributed by atoms with E-state index in [4.69, 9.17) is 0 Å². The molecule has 5 heteroatoms. The van der Waals surface area contributed by atoms with Gasteiger partial charge >= 0.3 is 0 Å². The molecule has 0 fully saturated rings. The van der Waals surface area contributed by atoms with E-state index in [-0.39, 0.29) is 6.04 Å². The number of pyridine rings is 1. The SMILES string of the molecule is CCCNC(c1ccc(C)nc1C)c1c(Br)cnn1CC. The molecule has 0 saturated carbocycles. The molecule has 0 radical (unpaired) electrons. The minimum absolute atomic E-state index is 0.106.